The van der Waals surface area contributed by atoms with E-state index in [1.165, 1.54) is 13.0 Å². The number of primary amides is 4. The Morgan fingerprint density at radius 1 is 0.711 bits per heavy atom. The molecule has 5 fully saturated rings. The zero-order valence-electron chi connectivity index (χ0n) is 44.2. The van der Waals surface area contributed by atoms with Crippen LogP contribution in [0.5, 0.6) is 0 Å². The molecule has 28 unspecified atom stereocenters. The zero-order valence-corrected chi connectivity index (χ0v) is 45.1. The van der Waals surface area contributed by atoms with Gasteiger partial charge in [-0.3, -0.25) is 28.2 Å². The van der Waals surface area contributed by atoms with Gasteiger partial charge in [0.15, 0.2) is 55.7 Å². The third-order valence-corrected chi connectivity index (χ3v) is 15.1. The molecule has 0 radical (unpaired) electrons. The molecule has 4 heterocycles. The SMILES string of the molecule is C=CCC(CO)O[C@H](COP(=O)(O)OC1OC(C(N)=O)C(C)(O)C(OC(N)=O)C1OC1OC(COC2OC(CO)C(O)C(O)C2O)C(OC2C(C)C(OC3OC(C(N)=O)C(O)C(O)C3O)C(C(N)=O)C(O)C2O)C(O)C1NC(C)=O)C(=O)O. The van der Waals surface area contributed by atoms with Gasteiger partial charge in [-0.15, -0.1) is 6.58 Å². The van der Waals surface area contributed by atoms with Gasteiger partial charge in [0.25, 0.3) is 0 Å². The number of hydrogen-bond donors (Lipinski definition) is 19. The van der Waals surface area contributed by atoms with E-state index in [0.29, 0.717) is 0 Å². The molecule has 29 atom stereocenters. The van der Waals surface area contributed by atoms with E-state index in [1.54, 1.807) is 0 Å². The van der Waals surface area contributed by atoms with Crippen LogP contribution in [0.25, 0.3) is 0 Å². The van der Waals surface area contributed by atoms with Crippen LogP contribution in [0.15, 0.2) is 12.7 Å². The molecule has 4 saturated heterocycles. The Balaban J connectivity index is 1.60. The molecule has 83 heavy (non-hydrogen) atoms. The number of hydrogen-bond acceptors (Lipinski definition) is 31. The summed E-state index contributed by atoms with van der Waals surface area (Å²) < 4.78 is 80.6. The summed E-state index contributed by atoms with van der Waals surface area (Å²) in [6.07, 6.45) is -52.2. The van der Waals surface area contributed by atoms with E-state index in [1.807, 2.05) is 0 Å². The van der Waals surface area contributed by atoms with Crippen LogP contribution in [0, 0.1) is 11.8 Å². The van der Waals surface area contributed by atoms with Gasteiger partial charge >= 0.3 is 19.9 Å². The summed E-state index contributed by atoms with van der Waals surface area (Å²) in [5, 5.41) is 143. The highest BCUT2D eigenvalue weighted by atomic mass is 31.2. The quantitative estimate of drug-likeness (QED) is 0.0282. The maximum Gasteiger partial charge on any atom is 0.474 e. The number of aliphatic hydroxyl groups excluding tert-OH is 11. The van der Waals surface area contributed by atoms with Crippen LogP contribution in [0.4, 0.5) is 4.79 Å². The first kappa shape index (κ1) is 69.4. The highest BCUT2D eigenvalue weighted by Crippen LogP contribution is 2.49. The third-order valence-electron chi connectivity index (χ3n) is 14.2. The van der Waals surface area contributed by atoms with Crippen molar-refractivity contribution < 1.29 is 161 Å². The lowest BCUT2D eigenvalue weighted by Gasteiger charge is -2.52. The molecule has 38 nitrogen and oxygen atoms in total. The summed E-state index contributed by atoms with van der Waals surface area (Å²) in [5.41, 5.74) is 18.9. The normalized spacial score (nSPS) is 42.7. The molecule has 5 rings (SSSR count). The first-order valence-corrected chi connectivity index (χ1v) is 26.7. The number of carbonyl (C=O) groups is 6. The average Bonchev–Trinajstić information content (AvgIpc) is 2.24. The van der Waals surface area contributed by atoms with Crippen LogP contribution in [0.2, 0.25) is 0 Å². The van der Waals surface area contributed by atoms with Crippen LogP contribution < -0.4 is 28.3 Å². The predicted octanol–water partition coefficient (Wildman–Crippen LogP) is -11.4. The van der Waals surface area contributed by atoms with Crippen molar-refractivity contribution in [2.24, 2.45) is 34.8 Å². The molecular weight excluding hydrogens is 1160 g/mol. The molecule has 1 saturated carbocycles. The number of phosphoric ester groups is 1. The van der Waals surface area contributed by atoms with E-state index in [9.17, 15) is 105 Å². The number of aliphatic carboxylic acids is 1. The fourth-order valence-electron chi connectivity index (χ4n) is 9.92. The third kappa shape index (κ3) is 16.0. The second kappa shape index (κ2) is 28.9. The number of nitrogens with two attached hydrogens (primary N) is 4. The minimum Gasteiger partial charge on any atom is -0.479 e. The van der Waals surface area contributed by atoms with Crippen molar-refractivity contribution in [2.75, 3.05) is 26.4 Å². The number of carbonyl (C=O) groups excluding carboxylic acids is 5. The first-order valence-electron chi connectivity index (χ1n) is 25.2. The van der Waals surface area contributed by atoms with Crippen molar-refractivity contribution in [3.63, 3.8) is 0 Å². The molecule has 0 bridgehead atoms. The van der Waals surface area contributed by atoms with E-state index in [4.69, 9.17) is 79.4 Å². The topological polar surface area (TPSA) is 630 Å². The Morgan fingerprint density at radius 2 is 1.31 bits per heavy atom. The van der Waals surface area contributed by atoms with Gasteiger partial charge in [-0.1, -0.05) is 13.0 Å². The maximum absolute atomic E-state index is 13.7. The smallest absolute Gasteiger partial charge is 0.474 e. The van der Waals surface area contributed by atoms with Crippen LogP contribution in [0.1, 0.15) is 27.2 Å². The number of amides is 5. The van der Waals surface area contributed by atoms with E-state index in [2.05, 4.69) is 11.9 Å². The van der Waals surface area contributed by atoms with Gasteiger partial charge < -0.3 is 147 Å². The Morgan fingerprint density at radius 3 is 1.86 bits per heavy atom. The van der Waals surface area contributed by atoms with Gasteiger partial charge in [0, 0.05) is 12.8 Å². The minimum atomic E-state index is -5.86. The molecule has 39 heteroatoms. The summed E-state index contributed by atoms with van der Waals surface area (Å²) >= 11 is 0. The van der Waals surface area contributed by atoms with Crippen molar-refractivity contribution in [3.05, 3.63) is 12.7 Å². The lowest BCUT2D eigenvalue weighted by molar-refractivity contribution is -0.365. The number of ether oxygens (including phenoxy) is 10. The average molecular weight is 1230 g/mol. The Kier molecular flexibility index (Phi) is 24.2. The van der Waals surface area contributed by atoms with Crippen molar-refractivity contribution >= 4 is 43.5 Å². The van der Waals surface area contributed by atoms with E-state index < -0.39 is 241 Å². The molecule has 4 aliphatic heterocycles. The molecule has 5 aliphatic rings. The van der Waals surface area contributed by atoms with Crippen molar-refractivity contribution in [3.8, 4) is 0 Å². The lowest BCUT2D eigenvalue weighted by atomic mass is 9.73. The number of aliphatic hydroxyl groups is 12. The minimum absolute atomic E-state index is 0.122. The first-order chi connectivity index (χ1) is 38.6. The van der Waals surface area contributed by atoms with Crippen molar-refractivity contribution in [1.82, 2.24) is 5.32 Å². The van der Waals surface area contributed by atoms with E-state index >= 15 is 0 Å². The van der Waals surface area contributed by atoms with Gasteiger partial charge in [0.05, 0.1) is 56.8 Å². The largest absolute Gasteiger partial charge is 0.479 e. The van der Waals surface area contributed by atoms with Crippen LogP contribution >= 0.6 is 7.82 Å². The molecule has 1 aliphatic carbocycles. The highest BCUT2D eigenvalue weighted by molar-refractivity contribution is 7.47. The molecule has 0 spiro atoms. The Hall–Kier alpha value is -4.37. The van der Waals surface area contributed by atoms with Crippen molar-refractivity contribution in [2.45, 2.75) is 186 Å². The summed E-state index contributed by atoms with van der Waals surface area (Å²) in [6, 6.07) is -2.13. The summed E-state index contributed by atoms with van der Waals surface area (Å²) in [6.45, 7) is 2.05. The van der Waals surface area contributed by atoms with Crippen molar-refractivity contribution in [1.29, 1.82) is 0 Å². The number of phosphoric acid groups is 1. The number of rotatable bonds is 26. The monoisotopic (exact) mass is 1230 g/mol. The van der Waals surface area contributed by atoms with Gasteiger partial charge in [-0.05, 0) is 13.3 Å². The van der Waals surface area contributed by atoms with Crippen LogP contribution in [-0.4, -0.2) is 292 Å². The van der Waals surface area contributed by atoms with Gasteiger partial charge in [-0.2, -0.15) is 0 Å². The second-order valence-corrected chi connectivity index (χ2v) is 21.6. The second-order valence-electron chi connectivity index (χ2n) is 20.2. The molecular formula is C44H72N5O33P. The molecule has 5 amide bonds. The van der Waals surface area contributed by atoms with Crippen LogP contribution in [0.3, 0.4) is 0 Å². The summed E-state index contributed by atoms with van der Waals surface area (Å²) in [5.74, 6) is -10.7. The number of carboxylic acids is 1. The highest BCUT2D eigenvalue weighted by Gasteiger charge is 2.63. The summed E-state index contributed by atoms with van der Waals surface area (Å²) in [7, 11) is -5.86. The van der Waals surface area contributed by atoms with Gasteiger partial charge in [-0.25, -0.2) is 14.2 Å². The molecule has 0 aromatic rings. The molecule has 23 N–H and O–H groups in total. The number of carboxylic acid groups (broad SMARTS) is 1. The van der Waals surface area contributed by atoms with E-state index in [-0.39, 0.29) is 6.42 Å². The fraction of sp³-hybridized carbons (Fsp3) is 0.818. The fourth-order valence-corrected chi connectivity index (χ4v) is 10.7. The summed E-state index contributed by atoms with van der Waals surface area (Å²) in [4.78, 5) is 86.7. The number of nitrogens with one attached hydrogen (secondary N) is 1. The van der Waals surface area contributed by atoms with E-state index in [0.717, 1.165) is 13.8 Å². The van der Waals surface area contributed by atoms with Crippen LogP contribution in [-0.2, 0) is 85.0 Å². The van der Waals surface area contributed by atoms with Gasteiger partial charge in [0.2, 0.25) is 23.6 Å². The molecule has 476 valence electrons. The molecule has 0 aromatic carbocycles. The maximum atomic E-state index is 13.7. The Bertz CT molecular complexity index is 2310. The Labute approximate surface area is 469 Å². The standard InChI is InChI=1S/C44H72N5O33P/c1-5-6-13(7-50)73-16(38(65)66)10-72-83(69,70)82-42-32(33(81-43(48)67)44(4,68)34(80-42)37(47)64)79-39-18(49-12(3)52)21(55)30(15(75-39)9-71-40-26(60)22(56)19(53)14(8-51)74-40)76-29-11(2)28(17(35(45)62)20(54)24(29)58)77-41-27(61)23(57)25(59)31(78-41)36(46)63/h5,11,13-34,39-42,50-51,53-61,68H,1,6-10H2,2-4H3,(H2,45,62)(H2,46,63)(H2,47,64)(H2,48,67)(H,49,52)(H,65,66)(H,69,70)/t11?,13?,14?,15?,16-,17?,18?,19?,20?,21?,22?,23?,24?,25?,26?,27?,28?,29?,30?,31?,32?,33?,34?,39?,40?,41?,42?,44?/m1/s1. The predicted molar refractivity (Wildman–Crippen MR) is 258 cm³/mol. The molecule has 0 aromatic heterocycles. The van der Waals surface area contributed by atoms with Gasteiger partial charge in [0.1, 0.15) is 78.8 Å². The lowest BCUT2D eigenvalue weighted by Crippen LogP contribution is -2.72. The zero-order chi connectivity index (χ0) is 62.5.